The summed E-state index contributed by atoms with van der Waals surface area (Å²) in [6, 6.07) is 5.35. The summed E-state index contributed by atoms with van der Waals surface area (Å²) in [6.07, 6.45) is 1.63. The van der Waals surface area contributed by atoms with Crippen LogP contribution in [0.1, 0.15) is 30.4 Å². The van der Waals surface area contributed by atoms with Crippen LogP contribution in [0.15, 0.2) is 18.2 Å². The maximum atomic E-state index is 12.2. The molecule has 0 saturated carbocycles. The number of carboxylic acids is 1. The van der Waals surface area contributed by atoms with E-state index in [0.717, 1.165) is 24.1 Å². The third kappa shape index (κ3) is 3.29. The average molecular weight is 276 g/mol. The van der Waals surface area contributed by atoms with Crippen molar-refractivity contribution in [2.45, 2.75) is 39.2 Å². The van der Waals surface area contributed by atoms with E-state index in [2.05, 4.69) is 5.32 Å². The lowest BCUT2D eigenvalue weighted by Gasteiger charge is -2.24. The number of amides is 2. The number of carbonyl (C=O) groups excluding carboxylic acids is 1. The number of aryl methyl sites for hydroxylation is 2. The minimum absolute atomic E-state index is 0.0142. The minimum atomic E-state index is -0.860. The smallest absolute Gasteiger partial charge is 0.322 e. The largest absolute Gasteiger partial charge is 0.481 e. The highest BCUT2D eigenvalue weighted by Crippen LogP contribution is 2.22. The van der Waals surface area contributed by atoms with Crippen LogP contribution in [-0.2, 0) is 4.79 Å². The molecule has 1 aliphatic rings. The van der Waals surface area contributed by atoms with Crippen LogP contribution in [0.4, 0.5) is 10.5 Å². The quantitative estimate of drug-likeness (QED) is 0.891. The molecule has 1 atom stereocenters. The van der Waals surface area contributed by atoms with Crippen LogP contribution in [0.2, 0.25) is 0 Å². The van der Waals surface area contributed by atoms with Gasteiger partial charge >= 0.3 is 12.0 Å². The summed E-state index contributed by atoms with van der Waals surface area (Å²) < 4.78 is 0. The Kier molecular flexibility index (Phi) is 4.27. The highest BCUT2D eigenvalue weighted by Gasteiger charge is 2.30. The summed E-state index contributed by atoms with van der Waals surface area (Å²) in [5.41, 5.74) is 3.04. The molecule has 1 saturated heterocycles. The standard InChI is InChI=1S/C15H20N2O3/c1-10-5-6-12(8-11(10)2)16-15(20)17-7-3-4-13(17)9-14(18)19/h5-6,8,13H,3-4,7,9H2,1-2H3,(H,16,20)(H,18,19). The molecular formula is C15H20N2O3. The molecule has 0 aromatic heterocycles. The Morgan fingerprint density at radius 1 is 1.35 bits per heavy atom. The Morgan fingerprint density at radius 2 is 2.10 bits per heavy atom. The number of carboxylic acid groups (broad SMARTS) is 1. The topological polar surface area (TPSA) is 69.6 Å². The highest BCUT2D eigenvalue weighted by atomic mass is 16.4. The number of nitrogens with one attached hydrogen (secondary N) is 1. The lowest BCUT2D eigenvalue weighted by atomic mass is 10.1. The van der Waals surface area contributed by atoms with Crippen molar-refractivity contribution in [3.05, 3.63) is 29.3 Å². The van der Waals surface area contributed by atoms with Crippen LogP contribution in [0.25, 0.3) is 0 Å². The number of benzene rings is 1. The van der Waals surface area contributed by atoms with Gasteiger partial charge in [-0.25, -0.2) is 4.79 Å². The summed E-state index contributed by atoms with van der Waals surface area (Å²) in [4.78, 5) is 24.7. The lowest BCUT2D eigenvalue weighted by molar-refractivity contribution is -0.137. The predicted molar refractivity (Wildman–Crippen MR) is 76.9 cm³/mol. The van der Waals surface area contributed by atoms with Gasteiger partial charge in [0.1, 0.15) is 0 Å². The third-order valence-electron chi connectivity index (χ3n) is 3.81. The molecule has 1 aromatic carbocycles. The number of rotatable bonds is 3. The summed E-state index contributed by atoms with van der Waals surface area (Å²) in [7, 11) is 0. The number of aliphatic carboxylic acids is 1. The van der Waals surface area contributed by atoms with Crippen molar-refractivity contribution in [2.75, 3.05) is 11.9 Å². The average Bonchev–Trinajstić information content (AvgIpc) is 2.81. The molecule has 0 radical (unpaired) electrons. The van der Waals surface area contributed by atoms with E-state index in [9.17, 15) is 9.59 Å². The number of nitrogens with zero attached hydrogens (tertiary/aromatic N) is 1. The van der Waals surface area contributed by atoms with Crippen LogP contribution in [-0.4, -0.2) is 34.6 Å². The first-order chi connectivity index (χ1) is 9.47. The van der Waals surface area contributed by atoms with Crippen LogP contribution in [0.3, 0.4) is 0 Å². The highest BCUT2D eigenvalue weighted by molar-refractivity contribution is 5.90. The van der Waals surface area contributed by atoms with E-state index >= 15 is 0 Å². The van der Waals surface area contributed by atoms with Gasteiger partial charge in [0.05, 0.1) is 6.42 Å². The molecule has 0 spiro atoms. The van der Waals surface area contributed by atoms with Gasteiger partial charge in [0.15, 0.2) is 0 Å². The molecule has 108 valence electrons. The molecule has 20 heavy (non-hydrogen) atoms. The van der Waals surface area contributed by atoms with Crippen molar-refractivity contribution < 1.29 is 14.7 Å². The van der Waals surface area contributed by atoms with Crippen molar-refractivity contribution in [1.29, 1.82) is 0 Å². The van der Waals surface area contributed by atoms with E-state index in [4.69, 9.17) is 5.11 Å². The Bertz CT molecular complexity index is 528. The Hall–Kier alpha value is -2.04. The fourth-order valence-corrected chi connectivity index (χ4v) is 2.53. The normalized spacial score (nSPS) is 18.1. The first-order valence-electron chi connectivity index (χ1n) is 6.84. The zero-order chi connectivity index (χ0) is 14.7. The first-order valence-corrected chi connectivity index (χ1v) is 6.84. The van der Waals surface area contributed by atoms with E-state index in [1.807, 2.05) is 32.0 Å². The Morgan fingerprint density at radius 3 is 2.75 bits per heavy atom. The molecule has 2 N–H and O–H groups in total. The van der Waals surface area contributed by atoms with Crippen molar-refractivity contribution in [2.24, 2.45) is 0 Å². The van der Waals surface area contributed by atoms with Gasteiger partial charge in [-0.15, -0.1) is 0 Å². The number of hydrogen-bond acceptors (Lipinski definition) is 2. The molecule has 0 bridgehead atoms. The zero-order valence-electron chi connectivity index (χ0n) is 11.8. The van der Waals surface area contributed by atoms with Crippen LogP contribution in [0.5, 0.6) is 0 Å². The SMILES string of the molecule is Cc1ccc(NC(=O)N2CCCC2CC(=O)O)cc1C. The number of likely N-dealkylation sites (tertiary alicyclic amines) is 1. The van der Waals surface area contributed by atoms with Gasteiger partial charge in [-0.1, -0.05) is 6.07 Å². The van der Waals surface area contributed by atoms with Crippen molar-refractivity contribution in [3.8, 4) is 0 Å². The second kappa shape index (κ2) is 5.94. The van der Waals surface area contributed by atoms with Crippen molar-refractivity contribution in [1.82, 2.24) is 4.90 Å². The van der Waals surface area contributed by atoms with E-state index in [1.165, 1.54) is 5.56 Å². The molecule has 0 aliphatic carbocycles. The zero-order valence-corrected chi connectivity index (χ0v) is 11.8. The molecule has 1 fully saturated rings. The minimum Gasteiger partial charge on any atom is -0.481 e. The maximum Gasteiger partial charge on any atom is 0.322 e. The Labute approximate surface area is 118 Å². The predicted octanol–water partition coefficient (Wildman–Crippen LogP) is 2.77. The molecule has 2 rings (SSSR count). The molecule has 5 heteroatoms. The molecule has 1 heterocycles. The fraction of sp³-hybridized carbons (Fsp3) is 0.467. The van der Waals surface area contributed by atoms with E-state index < -0.39 is 5.97 Å². The molecule has 5 nitrogen and oxygen atoms in total. The second-order valence-corrected chi connectivity index (χ2v) is 5.32. The van der Waals surface area contributed by atoms with Gasteiger partial charge in [-0.05, 0) is 49.9 Å². The summed E-state index contributed by atoms with van der Waals surface area (Å²) in [5.74, 6) is -0.860. The van der Waals surface area contributed by atoms with Crippen LogP contribution >= 0.6 is 0 Å². The molecule has 1 unspecified atom stereocenters. The van der Waals surface area contributed by atoms with Crippen LogP contribution in [0, 0.1) is 13.8 Å². The Balaban J connectivity index is 2.03. The van der Waals surface area contributed by atoms with E-state index in [-0.39, 0.29) is 18.5 Å². The number of anilines is 1. The molecule has 2 amide bonds. The van der Waals surface area contributed by atoms with Crippen molar-refractivity contribution >= 4 is 17.7 Å². The van der Waals surface area contributed by atoms with E-state index in [0.29, 0.717) is 6.54 Å². The molecular weight excluding hydrogens is 256 g/mol. The third-order valence-corrected chi connectivity index (χ3v) is 3.81. The van der Waals surface area contributed by atoms with Gasteiger partial charge in [0.2, 0.25) is 0 Å². The monoisotopic (exact) mass is 276 g/mol. The van der Waals surface area contributed by atoms with Gasteiger partial charge in [0.25, 0.3) is 0 Å². The lowest BCUT2D eigenvalue weighted by Crippen LogP contribution is -2.39. The fourth-order valence-electron chi connectivity index (χ4n) is 2.53. The van der Waals surface area contributed by atoms with Gasteiger partial charge in [-0.3, -0.25) is 4.79 Å². The summed E-state index contributed by atoms with van der Waals surface area (Å²) >= 11 is 0. The molecule has 1 aromatic rings. The van der Waals surface area contributed by atoms with E-state index in [1.54, 1.807) is 4.90 Å². The second-order valence-electron chi connectivity index (χ2n) is 5.32. The van der Waals surface area contributed by atoms with Crippen molar-refractivity contribution in [3.63, 3.8) is 0 Å². The number of urea groups is 1. The number of carbonyl (C=O) groups is 2. The number of hydrogen-bond donors (Lipinski definition) is 2. The van der Waals surface area contributed by atoms with Crippen LogP contribution < -0.4 is 5.32 Å². The van der Waals surface area contributed by atoms with Gasteiger partial charge < -0.3 is 15.3 Å². The summed E-state index contributed by atoms with van der Waals surface area (Å²) in [5, 5.41) is 11.7. The first kappa shape index (κ1) is 14.4. The van der Waals surface area contributed by atoms with Gasteiger partial charge in [-0.2, -0.15) is 0 Å². The maximum absolute atomic E-state index is 12.2. The van der Waals surface area contributed by atoms with Gasteiger partial charge in [0, 0.05) is 18.3 Å². The summed E-state index contributed by atoms with van der Waals surface area (Å²) in [6.45, 7) is 4.63. The molecule has 1 aliphatic heterocycles.